The molecule has 0 aliphatic carbocycles. The van der Waals surface area contributed by atoms with E-state index in [2.05, 4.69) is 55.6 Å². The summed E-state index contributed by atoms with van der Waals surface area (Å²) < 4.78 is 5.14. The van der Waals surface area contributed by atoms with Crippen LogP contribution in [0.5, 0.6) is 0 Å². The highest BCUT2D eigenvalue weighted by atomic mass is 32.1. The Labute approximate surface area is 235 Å². The molecule has 1 aromatic rings. The number of hydrogen-bond donors (Lipinski definition) is 1. The number of nitrogens with two attached hydrogens (primary N) is 1. The highest BCUT2D eigenvalue weighted by Crippen LogP contribution is 2.30. The van der Waals surface area contributed by atoms with Crippen molar-refractivity contribution >= 4 is 23.7 Å². The second-order valence-electron chi connectivity index (χ2n) is 8.98. The maximum absolute atomic E-state index is 11.8. The number of nitrogens with zero attached hydrogens (tertiary/aromatic N) is 3. The zero-order chi connectivity index (χ0) is 28.6. The van der Waals surface area contributed by atoms with Gasteiger partial charge in [-0.25, -0.2) is 9.78 Å². The average molecular weight is 549 g/mol. The topological polar surface area (TPSA) is 88.8 Å². The van der Waals surface area contributed by atoms with Crippen LogP contribution in [0.3, 0.4) is 0 Å². The molecule has 8 heteroatoms. The number of ether oxygens (including phenoxy) is 1. The second kappa shape index (κ2) is 23.8. The van der Waals surface area contributed by atoms with E-state index in [4.69, 9.17) is 10.5 Å². The number of hydrogen-bond acceptors (Lipinski definition) is 7. The monoisotopic (exact) mass is 548 g/mol. The first-order valence-corrected chi connectivity index (χ1v) is 15.0. The Hall–Kier alpha value is -2.29. The number of likely N-dealkylation sites (N-methyl/N-ethyl adjacent to an activating group) is 1. The van der Waals surface area contributed by atoms with E-state index in [0.717, 1.165) is 30.6 Å². The number of carbonyl (C=O) groups excluding carboxylic acids is 2. The van der Waals surface area contributed by atoms with Crippen molar-refractivity contribution in [2.24, 2.45) is 5.73 Å². The summed E-state index contributed by atoms with van der Waals surface area (Å²) in [6.45, 7) is 15.6. The number of thiazole rings is 1. The molecule has 2 N–H and O–H groups in total. The number of carbonyl (C=O) groups is 2. The molecule has 2 rings (SSSR count). The standard InChI is InChI=1S/C14H18N2O3S.C14H28N2.C2H6/c1-2-3-8-19-14(18)16-6-4-11(5-7-16)13-15-12(9-17)10-20-13;1-4-5-10-13-16(3)14(2)11-8-6-7-9-12-15;1-2/h2,9-11H,1,3-8H2;7-9,11,14H,4-6,10,12-13,15H2,1-3H3;1-2H3/b;9-7-,11-8-;. The quantitative estimate of drug-likeness (QED) is 0.156. The molecule has 38 heavy (non-hydrogen) atoms. The Morgan fingerprint density at radius 1 is 1.29 bits per heavy atom. The molecule has 0 saturated carbocycles. The van der Waals surface area contributed by atoms with Crippen molar-refractivity contribution in [2.45, 2.75) is 84.6 Å². The first-order chi connectivity index (χ1) is 18.5. The third-order valence-electron chi connectivity index (χ3n) is 6.11. The third-order valence-corrected chi connectivity index (χ3v) is 7.13. The normalized spacial score (nSPS) is 14.6. The predicted octanol–water partition coefficient (Wildman–Crippen LogP) is 6.83. The fourth-order valence-electron chi connectivity index (χ4n) is 3.68. The highest BCUT2D eigenvalue weighted by molar-refractivity contribution is 7.09. The van der Waals surface area contributed by atoms with Gasteiger partial charge in [0, 0.05) is 37.0 Å². The smallest absolute Gasteiger partial charge is 0.409 e. The van der Waals surface area contributed by atoms with Crippen LogP contribution in [0.2, 0.25) is 0 Å². The molecule has 1 atom stereocenters. The van der Waals surface area contributed by atoms with Gasteiger partial charge in [0.1, 0.15) is 5.69 Å². The Bertz CT molecular complexity index is 801. The van der Waals surface area contributed by atoms with Crippen molar-refractivity contribution in [2.75, 3.05) is 39.8 Å². The zero-order valence-corrected chi connectivity index (χ0v) is 25.3. The zero-order valence-electron chi connectivity index (χ0n) is 24.4. The van der Waals surface area contributed by atoms with Gasteiger partial charge in [0.25, 0.3) is 0 Å². The van der Waals surface area contributed by atoms with Crippen LogP contribution in [0.4, 0.5) is 4.79 Å². The molecule has 0 spiro atoms. The first kappa shape index (κ1) is 35.7. The van der Waals surface area contributed by atoms with Crippen LogP contribution in [-0.2, 0) is 4.74 Å². The number of unbranched alkanes of at least 4 members (excludes halogenated alkanes) is 2. The van der Waals surface area contributed by atoms with Gasteiger partial charge < -0.3 is 20.3 Å². The lowest BCUT2D eigenvalue weighted by Crippen LogP contribution is -2.38. The van der Waals surface area contributed by atoms with E-state index in [9.17, 15) is 9.59 Å². The van der Waals surface area contributed by atoms with Gasteiger partial charge in [0.15, 0.2) is 6.29 Å². The van der Waals surface area contributed by atoms with Crippen LogP contribution in [-0.4, -0.2) is 73.0 Å². The van der Waals surface area contributed by atoms with Crippen LogP contribution in [0.25, 0.3) is 0 Å². The van der Waals surface area contributed by atoms with Gasteiger partial charge in [-0.2, -0.15) is 0 Å². The summed E-state index contributed by atoms with van der Waals surface area (Å²) in [4.78, 5) is 30.8. The van der Waals surface area contributed by atoms with E-state index >= 15 is 0 Å². The largest absolute Gasteiger partial charge is 0.449 e. The SMILES string of the molecule is C=CCCOC(=O)N1CCC(c2nc(C=O)cs2)CC1.CC.CCCCCN(C)C(C)/C=C\C/C=C\CN. The molecule has 0 radical (unpaired) electrons. The summed E-state index contributed by atoms with van der Waals surface area (Å²) in [5.41, 5.74) is 5.86. The first-order valence-electron chi connectivity index (χ1n) is 14.1. The van der Waals surface area contributed by atoms with Crippen molar-refractivity contribution in [3.8, 4) is 0 Å². The van der Waals surface area contributed by atoms with Gasteiger partial charge >= 0.3 is 6.09 Å². The lowest BCUT2D eigenvalue weighted by molar-refractivity contribution is 0.0941. The molecule has 216 valence electrons. The number of likely N-dealkylation sites (tertiary alicyclic amines) is 1. The van der Waals surface area contributed by atoms with E-state index in [1.165, 1.54) is 37.1 Å². The Balaban J connectivity index is 0.000000694. The molecule has 1 amide bonds. The highest BCUT2D eigenvalue weighted by Gasteiger charge is 2.26. The fourth-order valence-corrected chi connectivity index (χ4v) is 4.62. The Morgan fingerprint density at radius 3 is 2.58 bits per heavy atom. The minimum absolute atomic E-state index is 0.252. The number of rotatable bonds is 14. The van der Waals surface area contributed by atoms with Crippen molar-refractivity contribution in [1.82, 2.24) is 14.8 Å². The average Bonchev–Trinajstić information content (AvgIpc) is 3.44. The molecule has 1 aliphatic rings. The minimum Gasteiger partial charge on any atom is -0.449 e. The van der Waals surface area contributed by atoms with Gasteiger partial charge in [-0.05, 0) is 52.6 Å². The number of allylic oxidation sites excluding steroid dienone is 2. The number of amides is 1. The Kier molecular flexibility index (Phi) is 22.4. The molecule has 0 bridgehead atoms. The molecule has 1 fully saturated rings. The molecule has 1 aliphatic heterocycles. The van der Waals surface area contributed by atoms with E-state index in [1.807, 2.05) is 19.9 Å². The summed E-state index contributed by atoms with van der Waals surface area (Å²) >= 11 is 1.52. The van der Waals surface area contributed by atoms with Crippen LogP contribution in [0.15, 0.2) is 42.3 Å². The van der Waals surface area contributed by atoms with E-state index in [-0.39, 0.29) is 6.09 Å². The number of aldehydes is 1. The lowest BCUT2D eigenvalue weighted by Gasteiger charge is -2.30. The van der Waals surface area contributed by atoms with Crippen LogP contribution in [0, 0.1) is 0 Å². The third kappa shape index (κ3) is 15.8. The molecule has 1 aromatic heterocycles. The molecule has 1 unspecified atom stereocenters. The number of piperidine rings is 1. The molecule has 0 aromatic carbocycles. The maximum Gasteiger partial charge on any atom is 0.409 e. The molecule has 2 heterocycles. The predicted molar refractivity (Wildman–Crippen MR) is 162 cm³/mol. The summed E-state index contributed by atoms with van der Waals surface area (Å²) in [5, 5.41) is 2.77. The summed E-state index contributed by atoms with van der Waals surface area (Å²) in [7, 11) is 2.19. The summed E-state index contributed by atoms with van der Waals surface area (Å²) in [5.74, 6) is 0.339. The van der Waals surface area contributed by atoms with Crippen molar-refractivity contribution < 1.29 is 14.3 Å². The molecular formula is C30H52N4O3S. The number of aromatic nitrogens is 1. The van der Waals surface area contributed by atoms with Crippen LogP contribution < -0.4 is 5.73 Å². The summed E-state index contributed by atoms with van der Waals surface area (Å²) in [6, 6.07) is 0.531. The molecular weight excluding hydrogens is 496 g/mol. The van der Waals surface area contributed by atoms with E-state index < -0.39 is 0 Å². The van der Waals surface area contributed by atoms with Crippen molar-refractivity contribution in [3.05, 3.63) is 53.0 Å². The van der Waals surface area contributed by atoms with Gasteiger partial charge in [0.05, 0.1) is 11.6 Å². The van der Waals surface area contributed by atoms with E-state index in [0.29, 0.717) is 50.3 Å². The van der Waals surface area contributed by atoms with Crippen LogP contribution >= 0.6 is 11.3 Å². The molecule has 7 nitrogen and oxygen atoms in total. The Morgan fingerprint density at radius 2 is 2.00 bits per heavy atom. The van der Waals surface area contributed by atoms with Crippen LogP contribution in [0.1, 0.15) is 94.1 Å². The van der Waals surface area contributed by atoms with Crippen molar-refractivity contribution in [3.63, 3.8) is 0 Å². The van der Waals surface area contributed by atoms with E-state index in [1.54, 1.807) is 16.4 Å². The fraction of sp³-hybridized carbons (Fsp3) is 0.633. The second-order valence-corrected chi connectivity index (χ2v) is 9.87. The maximum atomic E-state index is 11.8. The minimum atomic E-state index is -0.252. The summed E-state index contributed by atoms with van der Waals surface area (Å²) in [6.07, 6.45) is 18.2. The van der Waals surface area contributed by atoms with Crippen molar-refractivity contribution in [1.29, 1.82) is 0 Å². The lowest BCUT2D eigenvalue weighted by atomic mass is 9.98. The van der Waals surface area contributed by atoms with Gasteiger partial charge in [-0.1, -0.05) is 64.0 Å². The van der Waals surface area contributed by atoms with Gasteiger partial charge in [-0.15, -0.1) is 17.9 Å². The van der Waals surface area contributed by atoms with Gasteiger partial charge in [-0.3, -0.25) is 4.79 Å². The molecule has 1 saturated heterocycles. The van der Waals surface area contributed by atoms with Gasteiger partial charge in [0.2, 0.25) is 0 Å².